The zero-order valence-electron chi connectivity index (χ0n) is 11.6. The van der Waals surface area contributed by atoms with Gasteiger partial charge in [0.05, 0.1) is 0 Å². The molecule has 0 spiro atoms. The van der Waals surface area contributed by atoms with Crippen LogP contribution in [0.4, 0.5) is 0 Å². The molecule has 0 saturated heterocycles. The lowest BCUT2D eigenvalue weighted by atomic mass is 10.2. The maximum absolute atomic E-state index is 11.7. The number of amides is 1. The molecule has 0 aliphatic carbocycles. The van der Waals surface area contributed by atoms with Crippen molar-refractivity contribution in [2.45, 2.75) is 18.7 Å². The lowest BCUT2D eigenvalue weighted by molar-refractivity contribution is -0.120. The zero-order chi connectivity index (χ0) is 14.9. The van der Waals surface area contributed by atoms with Crippen LogP contribution in [0.2, 0.25) is 5.02 Å². The normalized spacial score (nSPS) is 10.3. The van der Waals surface area contributed by atoms with Gasteiger partial charge in [-0.3, -0.25) is 9.78 Å². The topological polar surface area (TPSA) is 42.0 Å². The minimum atomic E-state index is 0.0717. The van der Waals surface area contributed by atoms with Gasteiger partial charge in [-0.2, -0.15) is 11.8 Å². The highest BCUT2D eigenvalue weighted by atomic mass is 35.5. The lowest BCUT2D eigenvalue weighted by Crippen LogP contribution is -2.23. The molecule has 0 aliphatic rings. The van der Waals surface area contributed by atoms with Crippen molar-refractivity contribution >= 4 is 29.3 Å². The standard InChI is InChI=1S/C16H17ClN2OS/c17-15-5-3-13(4-6-15)12-21-9-7-16(20)19-11-14-2-1-8-18-10-14/h1-6,8,10H,7,9,11-12H2,(H,19,20). The van der Waals surface area contributed by atoms with Crippen LogP contribution in [0.25, 0.3) is 0 Å². The molecule has 1 aromatic carbocycles. The predicted molar refractivity (Wildman–Crippen MR) is 88.3 cm³/mol. The SMILES string of the molecule is O=C(CCSCc1ccc(Cl)cc1)NCc1cccnc1. The number of benzene rings is 1. The maximum Gasteiger partial charge on any atom is 0.221 e. The average Bonchev–Trinajstić information content (AvgIpc) is 2.52. The number of nitrogens with zero attached hydrogens (tertiary/aromatic N) is 1. The Hall–Kier alpha value is -1.52. The van der Waals surface area contributed by atoms with Crippen LogP contribution in [0.5, 0.6) is 0 Å². The summed E-state index contributed by atoms with van der Waals surface area (Å²) in [6, 6.07) is 11.6. The van der Waals surface area contributed by atoms with Crippen LogP contribution in [0, 0.1) is 0 Å². The van der Waals surface area contributed by atoms with Gasteiger partial charge in [0.25, 0.3) is 0 Å². The number of nitrogens with one attached hydrogen (secondary N) is 1. The number of aromatic nitrogens is 1. The summed E-state index contributed by atoms with van der Waals surface area (Å²) in [4.78, 5) is 15.7. The van der Waals surface area contributed by atoms with Crippen LogP contribution < -0.4 is 5.32 Å². The van der Waals surface area contributed by atoms with E-state index in [1.807, 2.05) is 36.4 Å². The van der Waals surface area contributed by atoms with Gasteiger partial charge in [0.1, 0.15) is 0 Å². The summed E-state index contributed by atoms with van der Waals surface area (Å²) in [7, 11) is 0. The molecule has 1 aromatic heterocycles. The van der Waals surface area contributed by atoms with E-state index < -0.39 is 0 Å². The number of thioether (sulfide) groups is 1. The van der Waals surface area contributed by atoms with E-state index in [1.165, 1.54) is 5.56 Å². The highest BCUT2D eigenvalue weighted by Crippen LogP contribution is 2.15. The number of rotatable bonds is 7. The fraction of sp³-hybridized carbons (Fsp3) is 0.250. The molecule has 1 N–H and O–H groups in total. The van der Waals surface area contributed by atoms with Gasteiger partial charge >= 0.3 is 0 Å². The first-order valence-corrected chi connectivity index (χ1v) is 8.25. The molecule has 0 bridgehead atoms. The molecule has 5 heteroatoms. The first-order valence-electron chi connectivity index (χ1n) is 6.72. The minimum Gasteiger partial charge on any atom is -0.352 e. The lowest BCUT2D eigenvalue weighted by Gasteiger charge is -2.05. The summed E-state index contributed by atoms with van der Waals surface area (Å²) in [6.45, 7) is 0.536. The van der Waals surface area contributed by atoms with Gasteiger partial charge in [-0.15, -0.1) is 0 Å². The summed E-state index contributed by atoms with van der Waals surface area (Å²) in [6.07, 6.45) is 4.01. The van der Waals surface area contributed by atoms with Crippen LogP contribution in [-0.2, 0) is 17.1 Å². The first-order chi connectivity index (χ1) is 10.2. The smallest absolute Gasteiger partial charge is 0.221 e. The molecule has 0 unspecified atom stereocenters. The molecule has 110 valence electrons. The van der Waals surface area contributed by atoms with Crippen molar-refractivity contribution < 1.29 is 4.79 Å². The number of carbonyl (C=O) groups is 1. The second-order valence-corrected chi connectivity index (χ2v) is 6.11. The van der Waals surface area contributed by atoms with Gasteiger partial charge in [-0.1, -0.05) is 29.8 Å². The van der Waals surface area contributed by atoms with Gasteiger partial charge in [0.15, 0.2) is 0 Å². The molecule has 2 aromatic rings. The monoisotopic (exact) mass is 320 g/mol. The van der Waals surface area contributed by atoms with Crippen molar-refractivity contribution in [2.24, 2.45) is 0 Å². The molecule has 1 heterocycles. The van der Waals surface area contributed by atoms with Crippen LogP contribution in [0.1, 0.15) is 17.5 Å². The maximum atomic E-state index is 11.7. The van der Waals surface area contributed by atoms with Gasteiger partial charge in [0, 0.05) is 41.9 Å². The van der Waals surface area contributed by atoms with Crippen molar-refractivity contribution in [1.29, 1.82) is 0 Å². The molecule has 0 saturated carbocycles. The molecule has 2 rings (SSSR count). The van der Waals surface area contributed by atoms with Crippen LogP contribution in [-0.4, -0.2) is 16.6 Å². The largest absolute Gasteiger partial charge is 0.352 e. The van der Waals surface area contributed by atoms with Crippen LogP contribution >= 0.6 is 23.4 Å². The van der Waals surface area contributed by atoms with Crippen molar-refractivity contribution in [3.8, 4) is 0 Å². The van der Waals surface area contributed by atoms with Crippen molar-refractivity contribution in [3.63, 3.8) is 0 Å². The fourth-order valence-corrected chi connectivity index (χ4v) is 2.76. The highest BCUT2D eigenvalue weighted by molar-refractivity contribution is 7.98. The van der Waals surface area contributed by atoms with Gasteiger partial charge < -0.3 is 5.32 Å². The van der Waals surface area contributed by atoms with Crippen LogP contribution in [0.15, 0.2) is 48.8 Å². The Bertz CT molecular complexity index is 560. The Labute approximate surface area is 134 Å². The van der Waals surface area contributed by atoms with Crippen molar-refractivity contribution in [3.05, 3.63) is 64.9 Å². The molecular formula is C16H17ClN2OS. The highest BCUT2D eigenvalue weighted by Gasteiger charge is 2.02. The zero-order valence-corrected chi connectivity index (χ0v) is 13.2. The van der Waals surface area contributed by atoms with E-state index >= 15 is 0 Å². The second-order valence-electron chi connectivity index (χ2n) is 4.57. The molecule has 3 nitrogen and oxygen atoms in total. The Morgan fingerprint density at radius 2 is 2.00 bits per heavy atom. The van der Waals surface area contributed by atoms with E-state index in [-0.39, 0.29) is 5.91 Å². The summed E-state index contributed by atoms with van der Waals surface area (Å²) in [5.41, 5.74) is 2.24. The molecule has 21 heavy (non-hydrogen) atoms. The van der Waals surface area contributed by atoms with E-state index in [1.54, 1.807) is 24.2 Å². The third-order valence-corrected chi connectivity index (χ3v) is 4.15. The quantitative estimate of drug-likeness (QED) is 0.791. The molecule has 0 atom stereocenters. The molecular weight excluding hydrogens is 304 g/mol. The third-order valence-electron chi connectivity index (χ3n) is 2.87. The van der Waals surface area contributed by atoms with E-state index in [0.717, 1.165) is 22.1 Å². The van der Waals surface area contributed by atoms with Crippen molar-refractivity contribution in [1.82, 2.24) is 10.3 Å². The molecule has 0 fully saturated rings. The Morgan fingerprint density at radius 3 is 2.71 bits per heavy atom. The Morgan fingerprint density at radius 1 is 1.19 bits per heavy atom. The number of pyridine rings is 1. The van der Waals surface area contributed by atoms with E-state index in [0.29, 0.717) is 13.0 Å². The van der Waals surface area contributed by atoms with Gasteiger partial charge in [0.2, 0.25) is 5.91 Å². The summed E-state index contributed by atoms with van der Waals surface area (Å²) in [5, 5.41) is 3.64. The van der Waals surface area contributed by atoms with Gasteiger partial charge in [-0.05, 0) is 29.3 Å². The van der Waals surface area contributed by atoms with Crippen molar-refractivity contribution in [2.75, 3.05) is 5.75 Å². The van der Waals surface area contributed by atoms with E-state index in [2.05, 4.69) is 10.3 Å². The average molecular weight is 321 g/mol. The second kappa shape index (κ2) is 8.70. The Kier molecular flexibility index (Phi) is 6.57. The number of halogens is 1. The molecule has 0 aliphatic heterocycles. The van der Waals surface area contributed by atoms with E-state index in [4.69, 9.17) is 11.6 Å². The minimum absolute atomic E-state index is 0.0717. The first kappa shape index (κ1) is 15.9. The molecule has 0 radical (unpaired) electrons. The van der Waals surface area contributed by atoms with E-state index in [9.17, 15) is 4.79 Å². The Balaban J connectivity index is 1.60. The van der Waals surface area contributed by atoms with Crippen LogP contribution in [0.3, 0.4) is 0 Å². The summed E-state index contributed by atoms with van der Waals surface area (Å²) in [5.74, 6) is 1.77. The number of carbonyl (C=O) groups excluding carboxylic acids is 1. The predicted octanol–water partition coefficient (Wildman–Crippen LogP) is 3.67. The summed E-state index contributed by atoms with van der Waals surface area (Å²) < 4.78 is 0. The third kappa shape index (κ3) is 6.19. The molecule has 1 amide bonds. The number of hydrogen-bond donors (Lipinski definition) is 1. The summed E-state index contributed by atoms with van der Waals surface area (Å²) >= 11 is 7.58. The fourth-order valence-electron chi connectivity index (χ4n) is 1.73. The van der Waals surface area contributed by atoms with Gasteiger partial charge in [-0.25, -0.2) is 0 Å². The number of hydrogen-bond acceptors (Lipinski definition) is 3.